The average Bonchev–Trinajstić information content (AvgIpc) is 3.51. The van der Waals surface area contributed by atoms with Gasteiger partial charge in [-0.15, -0.1) is 10.2 Å². The highest BCUT2D eigenvalue weighted by Gasteiger charge is 2.20. The van der Waals surface area contributed by atoms with Crippen molar-refractivity contribution in [1.82, 2.24) is 19.7 Å². The molecule has 0 aliphatic heterocycles. The summed E-state index contributed by atoms with van der Waals surface area (Å²) < 4.78 is 41.4. The lowest BCUT2D eigenvalue weighted by Gasteiger charge is -2.18. The van der Waals surface area contributed by atoms with E-state index in [1.165, 1.54) is 6.07 Å². The summed E-state index contributed by atoms with van der Waals surface area (Å²) in [6.45, 7) is 0. The molecular weight excluding hydrogens is 452 g/mol. The first-order chi connectivity index (χ1) is 17.1. The molecule has 0 atom stereocenters. The van der Waals surface area contributed by atoms with E-state index in [0.29, 0.717) is 28.7 Å². The van der Waals surface area contributed by atoms with E-state index in [1.54, 1.807) is 23.8 Å². The monoisotopic (exact) mass is 473 g/mol. The Morgan fingerprint density at radius 1 is 1.06 bits per heavy atom. The lowest BCUT2D eigenvalue weighted by Crippen LogP contribution is -2.12. The number of hydrogen-bond donors (Lipinski definition) is 0. The van der Waals surface area contributed by atoms with Crippen LogP contribution in [0.4, 0.5) is 8.78 Å². The van der Waals surface area contributed by atoms with E-state index in [-0.39, 0.29) is 17.3 Å². The van der Waals surface area contributed by atoms with Crippen molar-refractivity contribution < 1.29 is 18.3 Å². The fraction of sp³-hybridized carbons (Fsp3) is 0.231. The molecule has 0 N–H and O–H groups in total. The topological polar surface area (TPSA) is 85.9 Å². The first kappa shape index (κ1) is 22.5. The summed E-state index contributed by atoms with van der Waals surface area (Å²) in [5.74, 6) is -0.0611. The summed E-state index contributed by atoms with van der Waals surface area (Å²) in [4.78, 5) is 4.49. The third kappa shape index (κ3) is 4.43. The Hall–Kier alpha value is -4.32. The molecule has 1 fully saturated rings. The van der Waals surface area contributed by atoms with Crippen molar-refractivity contribution in [3.63, 3.8) is 0 Å². The second-order valence-corrected chi connectivity index (χ2v) is 8.19. The molecular formula is C26H21F2N5O2. The number of ether oxygens (including phenoxy) is 2. The van der Waals surface area contributed by atoms with Crippen LogP contribution < -0.4 is 9.47 Å². The molecule has 0 spiro atoms. The van der Waals surface area contributed by atoms with Gasteiger partial charge in [0.15, 0.2) is 34.6 Å². The number of rotatable bonds is 6. The summed E-state index contributed by atoms with van der Waals surface area (Å²) >= 11 is 0. The quantitative estimate of drug-likeness (QED) is 0.369. The van der Waals surface area contributed by atoms with Crippen molar-refractivity contribution in [3.8, 4) is 23.4 Å². The zero-order valence-electron chi connectivity index (χ0n) is 18.9. The van der Waals surface area contributed by atoms with Gasteiger partial charge in [-0.3, -0.25) is 4.57 Å². The molecule has 5 rings (SSSR count). The van der Waals surface area contributed by atoms with E-state index in [9.17, 15) is 8.78 Å². The minimum Gasteiger partial charge on any atom is -0.493 e. The van der Waals surface area contributed by atoms with Gasteiger partial charge in [0.05, 0.1) is 24.2 Å². The highest BCUT2D eigenvalue weighted by Crippen LogP contribution is 2.36. The number of fused-ring (bicyclic) bond motifs is 1. The van der Waals surface area contributed by atoms with Gasteiger partial charge in [-0.2, -0.15) is 5.26 Å². The molecule has 9 heteroatoms. The third-order valence-corrected chi connectivity index (χ3v) is 5.94. The molecule has 0 bridgehead atoms. The molecule has 7 nitrogen and oxygen atoms in total. The Labute approximate surface area is 200 Å². The standard InChI is InChI=1S/C26H21F2N5O2/c1-34-23-8-4-5-16(26(23)35-18-6-2-3-7-18)9-11-24-30-21-13-19(27)20(28)14-22(21)33(24)25-12-10-17(15-29)31-32-25/h4-5,8-14,18H,2-3,6-7H2,1H3. The normalized spacial score (nSPS) is 14.0. The summed E-state index contributed by atoms with van der Waals surface area (Å²) in [6.07, 6.45) is 7.90. The van der Waals surface area contributed by atoms with Gasteiger partial charge in [0.1, 0.15) is 11.9 Å². The maximum absolute atomic E-state index is 14.1. The minimum absolute atomic E-state index is 0.128. The van der Waals surface area contributed by atoms with E-state index in [4.69, 9.17) is 14.7 Å². The van der Waals surface area contributed by atoms with Gasteiger partial charge in [-0.05, 0) is 56.0 Å². The summed E-state index contributed by atoms with van der Waals surface area (Å²) in [7, 11) is 1.59. The number of nitrogens with zero attached hydrogens (tertiary/aromatic N) is 5. The van der Waals surface area contributed by atoms with Crippen LogP contribution in [0.15, 0.2) is 42.5 Å². The Morgan fingerprint density at radius 3 is 2.57 bits per heavy atom. The molecule has 0 amide bonds. The summed E-state index contributed by atoms with van der Waals surface area (Å²) in [6, 6.07) is 12.7. The van der Waals surface area contributed by atoms with Gasteiger partial charge in [-0.25, -0.2) is 13.8 Å². The number of para-hydroxylation sites is 1. The molecule has 1 saturated carbocycles. The van der Waals surface area contributed by atoms with Gasteiger partial charge in [-0.1, -0.05) is 12.1 Å². The van der Waals surface area contributed by atoms with Crippen LogP contribution >= 0.6 is 0 Å². The second kappa shape index (κ2) is 9.50. The van der Waals surface area contributed by atoms with Crippen molar-refractivity contribution in [2.24, 2.45) is 0 Å². The van der Waals surface area contributed by atoms with Crippen molar-refractivity contribution in [2.45, 2.75) is 31.8 Å². The first-order valence-corrected chi connectivity index (χ1v) is 11.2. The van der Waals surface area contributed by atoms with E-state index in [1.807, 2.05) is 30.3 Å². The molecule has 2 aromatic heterocycles. The highest BCUT2D eigenvalue weighted by atomic mass is 19.2. The van der Waals surface area contributed by atoms with Crippen molar-refractivity contribution >= 4 is 23.2 Å². The van der Waals surface area contributed by atoms with Crippen LogP contribution in [0.2, 0.25) is 0 Å². The lowest BCUT2D eigenvalue weighted by molar-refractivity contribution is 0.200. The van der Waals surface area contributed by atoms with Gasteiger partial charge in [0.25, 0.3) is 0 Å². The van der Waals surface area contributed by atoms with Gasteiger partial charge >= 0.3 is 0 Å². The predicted molar refractivity (Wildman–Crippen MR) is 126 cm³/mol. The molecule has 0 saturated heterocycles. The molecule has 4 aromatic rings. The average molecular weight is 473 g/mol. The molecule has 35 heavy (non-hydrogen) atoms. The van der Waals surface area contributed by atoms with E-state index >= 15 is 0 Å². The third-order valence-electron chi connectivity index (χ3n) is 5.94. The summed E-state index contributed by atoms with van der Waals surface area (Å²) in [5.41, 5.74) is 1.48. The zero-order chi connectivity index (χ0) is 24.4. The fourth-order valence-corrected chi connectivity index (χ4v) is 4.24. The maximum Gasteiger partial charge on any atom is 0.168 e. The molecule has 176 valence electrons. The Kier molecular flexibility index (Phi) is 6.10. The van der Waals surface area contributed by atoms with Crippen LogP contribution in [-0.4, -0.2) is 33.0 Å². The lowest BCUT2D eigenvalue weighted by atomic mass is 10.1. The fourth-order valence-electron chi connectivity index (χ4n) is 4.24. The highest BCUT2D eigenvalue weighted by molar-refractivity contribution is 5.82. The molecule has 1 aliphatic carbocycles. The van der Waals surface area contributed by atoms with Crippen LogP contribution in [0, 0.1) is 23.0 Å². The maximum atomic E-state index is 14.1. The SMILES string of the molecule is COc1cccc(C=Cc2nc3cc(F)c(F)cc3n2-c2ccc(C#N)nn2)c1OC1CCCC1. The number of hydrogen-bond acceptors (Lipinski definition) is 6. The van der Waals surface area contributed by atoms with Crippen LogP contribution in [0.5, 0.6) is 11.5 Å². The minimum atomic E-state index is -1.00. The molecule has 2 aromatic carbocycles. The van der Waals surface area contributed by atoms with E-state index in [2.05, 4.69) is 15.2 Å². The molecule has 1 aliphatic rings. The number of halogens is 2. The Balaban J connectivity index is 1.61. The van der Waals surface area contributed by atoms with E-state index < -0.39 is 11.6 Å². The Bertz CT molecular complexity index is 1450. The van der Waals surface area contributed by atoms with Crippen LogP contribution in [-0.2, 0) is 0 Å². The molecule has 0 radical (unpaired) electrons. The first-order valence-electron chi connectivity index (χ1n) is 11.2. The van der Waals surface area contributed by atoms with Crippen molar-refractivity contribution in [1.29, 1.82) is 5.26 Å². The van der Waals surface area contributed by atoms with Crippen molar-refractivity contribution in [2.75, 3.05) is 7.11 Å². The summed E-state index contributed by atoms with van der Waals surface area (Å²) in [5, 5.41) is 17.0. The van der Waals surface area contributed by atoms with Crippen LogP contribution in [0.25, 0.3) is 29.0 Å². The zero-order valence-corrected chi connectivity index (χ0v) is 18.9. The number of methoxy groups -OCH3 is 1. The van der Waals surface area contributed by atoms with Crippen LogP contribution in [0.1, 0.15) is 42.8 Å². The largest absolute Gasteiger partial charge is 0.493 e. The van der Waals surface area contributed by atoms with Crippen molar-refractivity contribution in [3.05, 3.63) is 71.2 Å². The smallest absolute Gasteiger partial charge is 0.168 e. The molecule has 0 unspecified atom stereocenters. The predicted octanol–water partition coefficient (Wildman–Crippen LogP) is 5.47. The number of aromatic nitrogens is 4. The number of benzene rings is 2. The number of nitriles is 1. The second-order valence-electron chi connectivity index (χ2n) is 8.19. The van der Waals surface area contributed by atoms with Gasteiger partial charge in [0.2, 0.25) is 0 Å². The van der Waals surface area contributed by atoms with E-state index in [0.717, 1.165) is 43.4 Å². The van der Waals surface area contributed by atoms with Crippen LogP contribution in [0.3, 0.4) is 0 Å². The molecule has 2 heterocycles. The van der Waals surface area contributed by atoms with Gasteiger partial charge < -0.3 is 9.47 Å². The Morgan fingerprint density at radius 2 is 1.86 bits per heavy atom. The van der Waals surface area contributed by atoms with Gasteiger partial charge in [0, 0.05) is 17.7 Å². The number of imidazole rings is 1.